The maximum Gasteiger partial charge on any atom is 0.145 e. The molecule has 3 aromatic rings. The second-order valence-electron chi connectivity index (χ2n) is 4.72. The Morgan fingerprint density at radius 2 is 1.85 bits per heavy atom. The Balaban J connectivity index is 1.90. The van der Waals surface area contributed by atoms with Crippen LogP contribution >= 0.6 is 0 Å². The van der Waals surface area contributed by atoms with Gasteiger partial charge in [-0.25, -0.2) is 0 Å². The van der Waals surface area contributed by atoms with Crippen LogP contribution in [0.15, 0.2) is 47.4 Å². The fraction of sp³-hybridized carbons (Fsp3) is 0.200. The first-order chi connectivity index (χ1) is 9.65. The van der Waals surface area contributed by atoms with Crippen molar-refractivity contribution in [3.63, 3.8) is 0 Å². The highest BCUT2D eigenvalue weighted by Gasteiger charge is 2.11. The first-order valence-electron chi connectivity index (χ1n) is 6.37. The first kappa shape index (κ1) is 13.0. The van der Waals surface area contributed by atoms with Crippen molar-refractivity contribution in [3.05, 3.63) is 54.1 Å². The molecule has 1 atom stereocenters. The van der Waals surface area contributed by atoms with Crippen LogP contribution in [0.1, 0.15) is 11.6 Å². The fourth-order valence-electron chi connectivity index (χ4n) is 2.09. The van der Waals surface area contributed by atoms with Crippen molar-refractivity contribution in [2.45, 2.75) is 17.6 Å². The van der Waals surface area contributed by atoms with Gasteiger partial charge >= 0.3 is 0 Å². The predicted molar refractivity (Wildman–Crippen MR) is 79.8 cm³/mol. The molecule has 0 saturated heterocycles. The van der Waals surface area contributed by atoms with E-state index in [1.807, 2.05) is 61.0 Å². The average Bonchev–Trinajstić information content (AvgIpc) is 2.78. The smallest absolute Gasteiger partial charge is 0.145 e. The normalized spacial score (nSPS) is 12.7. The summed E-state index contributed by atoms with van der Waals surface area (Å²) in [6.07, 6.45) is 0. The molecule has 0 aliphatic carbocycles. The average molecular weight is 285 g/mol. The van der Waals surface area contributed by atoms with Gasteiger partial charge < -0.3 is 4.57 Å². The van der Waals surface area contributed by atoms with Crippen LogP contribution in [0.3, 0.4) is 0 Å². The lowest BCUT2D eigenvalue weighted by atomic mass is 10.1. The van der Waals surface area contributed by atoms with Crippen LogP contribution in [0.25, 0.3) is 10.8 Å². The van der Waals surface area contributed by atoms with Gasteiger partial charge in [0.1, 0.15) is 11.6 Å². The quantitative estimate of drug-likeness (QED) is 0.743. The molecular formula is C15H15N3OS. The molecule has 4 nitrogen and oxygen atoms in total. The van der Waals surface area contributed by atoms with Gasteiger partial charge in [-0.05, 0) is 29.8 Å². The molecule has 2 aromatic carbocycles. The first-order valence-corrected chi connectivity index (χ1v) is 7.69. The number of hydrogen-bond acceptors (Lipinski definition) is 3. The summed E-state index contributed by atoms with van der Waals surface area (Å²) in [4.78, 5) is 0.823. The highest BCUT2D eigenvalue weighted by Crippen LogP contribution is 2.19. The van der Waals surface area contributed by atoms with Crippen molar-refractivity contribution in [1.29, 1.82) is 0 Å². The van der Waals surface area contributed by atoms with E-state index in [9.17, 15) is 4.21 Å². The highest BCUT2D eigenvalue weighted by molar-refractivity contribution is 7.84. The number of benzene rings is 2. The number of aryl methyl sites for hydroxylation is 1. The summed E-state index contributed by atoms with van der Waals surface area (Å²) in [7, 11) is 0.780. The topological polar surface area (TPSA) is 47.8 Å². The van der Waals surface area contributed by atoms with Crippen molar-refractivity contribution in [1.82, 2.24) is 14.8 Å². The van der Waals surface area contributed by atoms with Crippen molar-refractivity contribution < 1.29 is 4.21 Å². The van der Waals surface area contributed by atoms with Crippen molar-refractivity contribution in [2.24, 2.45) is 7.05 Å². The Labute approximate surface area is 119 Å². The van der Waals surface area contributed by atoms with E-state index in [0.717, 1.165) is 27.3 Å². The molecule has 3 rings (SSSR count). The third kappa shape index (κ3) is 2.36. The molecule has 0 bridgehead atoms. The van der Waals surface area contributed by atoms with Crippen LogP contribution in [-0.2, 0) is 23.6 Å². The Hall–Kier alpha value is -2.01. The van der Waals surface area contributed by atoms with Crippen LogP contribution < -0.4 is 0 Å². The third-order valence-electron chi connectivity index (χ3n) is 3.43. The van der Waals surface area contributed by atoms with Gasteiger partial charge in [0.25, 0.3) is 0 Å². The zero-order chi connectivity index (χ0) is 14.1. The number of fused-ring (bicyclic) bond motifs is 1. The molecule has 20 heavy (non-hydrogen) atoms. The molecule has 5 heteroatoms. The SMILES string of the molecule is Cc1nnc(C[S@](=O)c2ccc3ccccc3c2)n1C. The second kappa shape index (κ2) is 5.17. The van der Waals surface area contributed by atoms with E-state index in [4.69, 9.17) is 0 Å². The van der Waals surface area contributed by atoms with Gasteiger partial charge in [0.2, 0.25) is 0 Å². The van der Waals surface area contributed by atoms with Gasteiger partial charge in [0.05, 0.1) is 16.6 Å². The van der Waals surface area contributed by atoms with Crippen molar-refractivity contribution in [2.75, 3.05) is 0 Å². The van der Waals surface area contributed by atoms with E-state index in [-0.39, 0.29) is 0 Å². The Morgan fingerprint density at radius 1 is 1.10 bits per heavy atom. The van der Waals surface area contributed by atoms with Gasteiger partial charge in [-0.1, -0.05) is 30.3 Å². The van der Waals surface area contributed by atoms with Gasteiger partial charge in [-0.15, -0.1) is 10.2 Å². The zero-order valence-corrected chi connectivity index (χ0v) is 12.2. The molecular weight excluding hydrogens is 270 g/mol. The molecule has 0 aliphatic rings. The summed E-state index contributed by atoms with van der Waals surface area (Å²) < 4.78 is 14.3. The number of hydrogen-bond donors (Lipinski definition) is 0. The molecule has 0 spiro atoms. The van der Waals surface area contributed by atoms with E-state index < -0.39 is 10.8 Å². The summed E-state index contributed by atoms with van der Waals surface area (Å²) in [5.74, 6) is 1.96. The Bertz CT molecular complexity index is 795. The summed E-state index contributed by atoms with van der Waals surface area (Å²) in [6.45, 7) is 1.88. The lowest BCUT2D eigenvalue weighted by molar-refractivity contribution is 0.679. The van der Waals surface area contributed by atoms with Crippen molar-refractivity contribution in [3.8, 4) is 0 Å². The molecule has 0 saturated carbocycles. The van der Waals surface area contributed by atoms with Gasteiger partial charge in [0, 0.05) is 11.9 Å². The van der Waals surface area contributed by atoms with Crippen LogP contribution in [0.4, 0.5) is 0 Å². The summed E-state index contributed by atoms with van der Waals surface area (Å²) >= 11 is 0. The van der Waals surface area contributed by atoms with Gasteiger partial charge in [-0.3, -0.25) is 4.21 Å². The van der Waals surface area contributed by atoms with Crippen LogP contribution in [0.5, 0.6) is 0 Å². The fourth-order valence-corrected chi connectivity index (χ4v) is 3.22. The minimum absolute atomic E-state index is 0.385. The molecule has 102 valence electrons. The van der Waals surface area contributed by atoms with Crippen molar-refractivity contribution >= 4 is 21.6 Å². The zero-order valence-electron chi connectivity index (χ0n) is 11.4. The minimum atomic E-state index is -1.11. The molecule has 0 unspecified atom stereocenters. The predicted octanol–water partition coefficient (Wildman–Crippen LogP) is 2.58. The largest absolute Gasteiger partial charge is 0.318 e. The number of aromatic nitrogens is 3. The molecule has 0 N–H and O–H groups in total. The lowest BCUT2D eigenvalue weighted by Gasteiger charge is -2.04. The van der Waals surface area contributed by atoms with Gasteiger partial charge in [0.15, 0.2) is 0 Å². The lowest BCUT2D eigenvalue weighted by Crippen LogP contribution is -2.04. The van der Waals surface area contributed by atoms with E-state index >= 15 is 0 Å². The third-order valence-corrected chi connectivity index (χ3v) is 4.73. The highest BCUT2D eigenvalue weighted by atomic mass is 32.2. The maximum absolute atomic E-state index is 12.4. The van der Waals surface area contributed by atoms with Crippen LogP contribution in [0, 0.1) is 6.92 Å². The molecule has 1 aromatic heterocycles. The number of rotatable bonds is 3. The standard InChI is InChI=1S/C15H15N3OS/c1-11-16-17-15(18(11)2)10-20(19)14-8-7-12-5-3-4-6-13(12)9-14/h3-9H,10H2,1-2H3/t20-/m0/s1. The minimum Gasteiger partial charge on any atom is -0.318 e. The molecule has 1 heterocycles. The summed E-state index contributed by atoms with van der Waals surface area (Å²) in [5, 5.41) is 10.3. The summed E-state index contributed by atoms with van der Waals surface area (Å²) in [6, 6.07) is 14.0. The number of nitrogens with zero attached hydrogens (tertiary/aromatic N) is 3. The van der Waals surface area contributed by atoms with Crippen LogP contribution in [-0.4, -0.2) is 19.0 Å². The van der Waals surface area contributed by atoms with E-state index in [0.29, 0.717) is 5.75 Å². The van der Waals surface area contributed by atoms with E-state index in [1.54, 1.807) is 0 Å². The Morgan fingerprint density at radius 3 is 2.55 bits per heavy atom. The van der Waals surface area contributed by atoms with E-state index in [1.165, 1.54) is 0 Å². The maximum atomic E-state index is 12.4. The summed E-state index contributed by atoms with van der Waals surface area (Å²) in [5.41, 5.74) is 0. The van der Waals surface area contributed by atoms with Gasteiger partial charge in [-0.2, -0.15) is 0 Å². The molecule has 0 radical (unpaired) electrons. The van der Waals surface area contributed by atoms with Crippen LogP contribution in [0.2, 0.25) is 0 Å². The van der Waals surface area contributed by atoms with E-state index in [2.05, 4.69) is 10.2 Å². The molecule has 0 fully saturated rings. The molecule has 0 amide bonds. The monoisotopic (exact) mass is 285 g/mol. The molecule has 0 aliphatic heterocycles. The second-order valence-corrected chi connectivity index (χ2v) is 6.17. The Kier molecular flexibility index (Phi) is 3.36.